The van der Waals surface area contributed by atoms with E-state index in [4.69, 9.17) is 5.73 Å². The van der Waals surface area contributed by atoms with Gasteiger partial charge in [0.25, 0.3) is 0 Å². The maximum Gasteiger partial charge on any atom is 0.0946 e. The molecule has 0 amide bonds. The molecule has 0 bridgehead atoms. The minimum Gasteiger partial charge on any atom is -0.327 e. The summed E-state index contributed by atoms with van der Waals surface area (Å²) < 4.78 is 0. The van der Waals surface area contributed by atoms with Gasteiger partial charge in [-0.05, 0) is 20.3 Å². The second-order valence-electron chi connectivity index (χ2n) is 3.50. The van der Waals surface area contributed by atoms with Crippen molar-refractivity contribution in [1.29, 1.82) is 0 Å². The summed E-state index contributed by atoms with van der Waals surface area (Å²) in [6, 6.07) is 0.287. The van der Waals surface area contributed by atoms with E-state index >= 15 is 0 Å². The van der Waals surface area contributed by atoms with Crippen molar-refractivity contribution in [3.8, 4) is 0 Å². The Hall–Kier alpha value is -0.410. The quantitative estimate of drug-likeness (QED) is 0.807. The number of rotatable bonds is 4. The summed E-state index contributed by atoms with van der Waals surface area (Å²) in [6.45, 7) is 6.33. The molecule has 0 fully saturated rings. The van der Waals surface area contributed by atoms with Crippen molar-refractivity contribution in [2.24, 2.45) is 5.73 Å². The monoisotopic (exact) mass is 198 g/mol. The van der Waals surface area contributed by atoms with Gasteiger partial charge in [-0.15, -0.1) is 11.3 Å². The van der Waals surface area contributed by atoms with Crippen LogP contribution in [0.15, 0.2) is 0 Å². The van der Waals surface area contributed by atoms with Crippen molar-refractivity contribution in [3.05, 3.63) is 15.6 Å². The van der Waals surface area contributed by atoms with Gasteiger partial charge < -0.3 is 5.73 Å². The highest BCUT2D eigenvalue weighted by Gasteiger charge is 2.07. The number of hydrogen-bond acceptors (Lipinski definition) is 3. The minimum absolute atomic E-state index is 0.287. The standard InChI is InChI=1S/C10H18N2S/c1-4-5-9(11)6-10-12-7(2)8(3)13-10/h9H,4-6,11H2,1-3H3. The van der Waals surface area contributed by atoms with Crippen LogP contribution in [-0.4, -0.2) is 11.0 Å². The average Bonchev–Trinajstić information content (AvgIpc) is 2.31. The maximum absolute atomic E-state index is 5.94. The molecule has 0 saturated carbocycles. The SMILES string of the molecule is CCCC(N)Cc1nc(C)c(C)s1. The van der Waals surface area contributed by atoms with Gasteiger partial charge in [0.2, 0.25) is 0 Å². The van der Waals surface area contributed by atoms with Crippen molar-refractivity contribution in [2.75, 3.05) is 0 Å². The van der Waals surface area contributed by atoms with Crippen LogP contribution in [0.4, 0.5) is 0 Å². The van der Waals surface area contributed by atoms with E-state index in [0.29, 0.717) is 0 Å². The molecule has 0 aliphatic carbocycles. The first-order chi connectivity index (χ1) is 6.13. The lowest BCUT2D eigenvalue weighted by Gasteiger charge is -2.06. The van der Waals surface area contributed by atoms with E-state index in [9.17, 15) is 0 Å². The van der Waals surface area contributed by atoms with Crippen molar-refractivity contribution in [2.45, 2.75) is 46.1 Å². The summed E-state index contributed by atoms with van der Waals surface area (Å²) in [5, 5.41) is 1.19. The Morgan fingerprint density at radius 1 is 1.46 bits per heavy atom. The molecule has 0 aliphatic heterocycles. The highest BCUT2D eigenvalue weighted by molar-refractivity contribution is 7.11. The second kappa shape index (κ2) is 4.72. The molecule has 3 heteroatoms. The van der Waals surface area contributed by atoms with Crippen LogP contribution in [0.2, 0.25) is 0 Å². The number of nitrogens with two attached hydrogens (primary N) is 1. The van der Waals surface area contributed by atoms with E-state index in [1.54, 1.807) is 11.3 Å². The normalized spacial score (nSPS) is 13.2. The van der Waals surface area contributed by atoms with Crippen LogP contribution >= 0.6 is 11.3 Å². The summed E-state index contributed by atoms with van der Waals surface area (Å²) in [5.74, 6) is 0. The van der Waals surface area contributed by atoms with Crippen LogP contribution in [0.1, 0.15) is 35.3 Å². The fourth-order valence-electron chi connectivity index (χ4n) is 1.32. The van der Waals surface area contributed by atoms with Crippen molar-refractivity contribution in [3.63, 3.8) is 0 Å². The lowest BCUT2D eigenvalue weighted by atomic mass is 10.1. The van der Waals surface area contributed by atoms with Crippen LogP contribution in [0.3, 0.4) is 0 Å². The molecule has 13 heavy (non-hydrogen) atoms. The number of nitrogens with zero attached hydrogens (tertiary/aromatic N) is 1. The average molecular weight is 198 g/mol. The smallest absolute Gasteiger partial charge is 0.0946 e. The van der Waals surface area contributed by atoms with Crippen LogP contribution in [0.25, 0.3) is 0 Å². The predicted molar refractivity (Wildman–Crippen MR) is 58.2 cm³/mol. The zero-order chi connectivity index (χ0) is 9.84. The third kappa shape index (κ3) is 3.08. The van der Waals surface area contributed by atoms with E-state index in [0.717, 1.165) is 25.0 Å². The van der Waals surface area contributed by atoms with Crippen molar-refractivity contribution in [1.82, 2.24) is 4.98 Å². The van der Waals surface area contributed by atoms with E-state index < -0.39 is 0 Å². The zero-order valence-corrected chi connectivity index (χ0v) is 9.45. The molecule has 0 radical (unpaired) electrons. The summed E-state index contributed by atoms with van der Waals surface area (Å²) in [6.07, 6.45) is 3.19. The van der Waals surface area contributed by atoms with Crippen LogP contribution in [0.5, 0.6) is 0 Å². The minimum atomic E-state index is 0.287. The van der Waals surface area contributed by atoms with Gasteiger partial charge >= 0.3 is 0 Å². The molecule has 74 valence electrons. The predicted octanol–water partition coefficient (Wildman–Crippen LogP) is 2.43. The number of thiazole rings is 1. The highest BCUT2D eigenvalue weighted by Crippen LogP contribution is 2.18. The van der Waals surface area contributed by atoms with E-state index in [2.05, 4.69) is 25.8 Å². The largest absolute Gasteiger partial charge is 0.327 e. The number of aryl methyl sites for hydroxylation is 2. The summed E-state index contributed by atoms with van der Waals surface area (Å²) in [5.41, 5.74) is 7.10. The fraction of sp³-hybridized carbons (Fsp3) is 0.700. The first-order valence-electron chi connectivity index (χ1n) is 4.82. The molecular weight excluding hydrogens is 180 g/mol. The molecule has 0 aliphatic rings. The first kappa shape index (κ1) is 10.7. The summed E-state index contributed by atoms with van der Waals surface area (Å²) in [7, 11) is 0. The van der Waals surface area contributed by atoms with E-state index in [1.165, 1.54) is 9.88 Å². The third-order valence-corrected chi connectivity index (χ3v) is 3.26. The van der Waals surface area contributed by atoms with Gasteiger partial charge in [-0.2, -0.15) is 0 Å². The van der Waals surface area contributed by atoms with E-state index in [-0.39, 0.29) is 6.04 Å². The molecule has 1 aromatic rings. The molecule has 0 aromatic carbocycles. The molecule has 1 rings (SSSR count). The topological polar surface area (TPSA) is 38.9 Å². The molecule has 1 unspecified atom stereocenters. The maximum atomic E-state index is 5.94. The fourth-order valence-corrected chi connectivity index (χ4v) is 2.35. The zero-order valence-electron chi connectivity index (χ0n) is 8.63. The number of aromatic nitrogens is 1. The Morgan fingerprint density at radius 2 is 2.15 bits per heavy atom. The molecular formula is C10H18N2S. The highest BCUT2D eigenvalue weighted by atomic mass is 32.1. The van der Waals surface area contributed by atoms with Gasteiger partial charge in [-0.1, -0.05) is 13.3 Å². The van der Waals surface area contributed by atoms with Gasteiger partial charge in [0.15, 0.2) is 0 Å². The summed E-state index contributed by atoms with van der Waals surface area (Å²) >= 11 is 1.78. The molecule has 1 aromatic heterocycles. The Balaban J connectivity index is 2.53. The van der Waals surface area contributed by atoms with Crippen molar-refractivity contribution < 1.29 is 0 Å². The molecule has 0 saturated heterocycles. The van der Waals surface area contributed by atoms with Crippen LogP contribution in [0, 0.1) is 13.8 Å². The van der Waals surface area contributed by atoms with Gasteiger partial charge in [0.05, 0.1) is 10.7 Å². The van der Waals surface area contributed by atoms with Crippen LogP contribution in [-0.2, 0) is 6.42 Å². The second-order valence-corrected chi connectivity index (χ2v) is 4.79. The lowest BCUT2D eigenvalue weighted by Crippen LogP contribution is -2.22. The molecule has 2 nitrogen and oxygen atoms in total. The van der Waals surface area contributed by atoms with Crippen molar-refractivity contribution >= 4 is 11.3 Å². The Bertz CT molecular complexity index is 248. The molecule has 2 N–H and O–H groups in total. The van der Waals surface area contributed by atoms with Gasteiger partial charge in [-0.25, -0.2) is 4.98 Å². The van der Waals surface area contributed by atoms with Gasteiger partial charge in [-0.3, -0.25) is 0 Å². The van der Waals surface area contributed by atoms with Crippen LogP contribution < -0.4 is 5.73 Å². The first-order valence-corrected chi connectivity index (χ1v) is 5.63. The van der Waals surface area contributed by atoms with Gasteiger partial charge in [0, 0.05) is 17.3 Å². The Morgan fingerprint density at radius 3 is 2.62 bits per heavy atom. The Kier molecular flexibility index (Phi) is 3.88. The molecule has 1 heterocycles. The van der Waals surface area contributed by atoms with Gasteiger partial charge in [0.1, 0.15) is 0 Å². The van der Waals surface area contributed by atoms with E-state index in [1.807, 2.05) is 0 Å². The Labute approximate surface area is 84.2 Å². The third-order valence-electron chi connectivity index (χ3n) is 2.17. The lowest BCUT2D eigenvalue weighted by molar-refractivity contribution is 0.598. The number of hydrogen-bond donors (Lipinski definition) is 1. The molecule has 1 atom stereocenters. The summed E-state index contributed by atoms with van der Waals surface area (Å²) in [4.78, 5) is 5.79. The molecule has 0 spiro atoms.